The number of aromatic nitrogens is 8. The third kappa shape index (κ3) is 2.91. The van der Waals surface area contributed by atoms with Crippen LogP contribution < -0.4 is 0 Å². The molecule has 0 spiro atoms. The van der Waals surface area contributed by atoms with E-state index in [4.69, 9.17) is 4.98 Å². The molecule has 0 saturated carbocycles. The van der Waals surface area contributed by atoms with Crippen molar-refractivity contribution in [1.29, 1.82) is 0 Å². The molecule has 0 atom stereocenters. The van der Waals surface area contributed by atoms with Crippen molar-refractivity contribution in [1.82, 2.24) is 40.1 Å². The predicted molar refractivity (Wildman–Crippen MR) is 113 cm³/mol. The molecule has 5 heterocycles. The molecule has 0 fully saturated rings. The molecule has 0 bridgehead atoms. The van der Waals surface area contributed by atoms with Gasteiger partial charge in [0.2, 0.25) is 0 Å². The first-order valence-electron chi connectivity index (χ1n) is 9.48. The fraction of sp³-hybridized carbons (Fsp3) is 0. The fourth-order valence-corrected chi connectivity index (χ4v) is 3.58. The Balaban J connectivity index is 1.52. The number of halogens is 1. The number of hydrogen-bond donors (Lipinski definition) is 2. The number of hydrogen-bond acceptors (Lipinski definition) is 6. The number of pyridine rings is 2. The van der Waals surface area contributed by atoms with E-state index < -0.39 is 0 Å². The lowest BCUT2D eigenvalue weighted by molar-refractivity contribution is 0.628. The summed E-state index contributed by atoms with van der Waals surface area (Å²) in [5.74, 6) is 0.245. The van der Waals surface area contributed by atoms with Gasteiger partial charge in [-0.1, -0.05) is 12.1 Å². The van der Waals surface area contributed by atoms with Crippen LogP contribution in [0.3, 0.4) is 0 Å². The van der Waals surface area contributed by atoms with Gasteiger partial charge in [0.15, 0.2) is 11.5 Å². The number of H-pyrrole nitrogens is 2. The number of nitrogens with zero attached hydrogens (tertiary/aromatic N) is 6. The topological polar surface area (TPSA) is 109 Å². The molecule has 0 aliphatic carbocycles. The summed E-state index contributed by atoms with van der Waals surface area (Å²) in [5, 5.41) is 8.25. The van der Waals surface area contributed by atoms with Crippen LogP contribution in [-0.2, 0) is 0 Å². The summed E-state index contributed by atoms with van der Waals surface area (Å²) in [4.78, 5) is 25.2. The van der Waals surface area contributed by atoms with Gasteiger partial charge in [-0.2, -0.15) is 5.10 Å². The van der Waals surface area contributed by atoms with E-state index >= 15 is 0 Å². The summed E-state index contributed by atoms with van der Waals surface area (Å²) in [6.07, 6.45) is 8.27. The first-order valence-corrected chi connectivity index (χ1v) is 9.48. The molecule has 0 unspecified atom stereocenters. The highest BCUT2D eigenvalue weighted by molar-refractivity contribution is 5.96. The van der Waals surface area contributed by atoms with Crippen molar-refractivity contribution in [2.75, 3.05) is 0 Å². The average Bonchev–Trinajstić information content (AvgIpc) is 3.43. The van der Waals surface area contributed by atoms with Crippen LogP contribution >= 0.6 is 0 Å². The van der Waals surface area contributed by atoms with Crippen LogP contribution in [0.25, 0.3) is 56.1 Å². The summed E-state index contributed by atoms with van der Waals surface area (Å²) in [7, 11) is 0. The van der Waals surface area contributed by atoms with E-state index in [1.54, 1.807) is 37.1 Å². The maximum absolute atomic E-state index is 13.8. The number of aromatic amines is 2. The molecule has 5 aromatic heterocycles. The van der Waals surface area contributed by atoms with Gasteiger partial charge in [-0.3, -0.25) is 20.1 Å². The molecule has 148 valence electrons. The zero-order valence-electron chi connectivity index (χ0n) is 15.9. The largest absolute Gasteiger partial charge is 0.321 e. The molecule has 6 rings (SSSR count). The molecule has 2 N–H and O–H groups in total. The summed E-state index contributed by atoms with van der Waals surface area (Å²) in [6, 6.07) is 10.1. The zero-order chi connectivity index (χ0) is 20.8. The second-order valence-electron chi connectivity index (χ2n) is 6.93. The van der Waals surface area contributed by atoms with Crippen LogP contribution in [0.5, 0.6) is 0 Å². The molecule has 0 saturated heterocycles. The summed E-state index contributed by atoms with van der Waals surface area (Å²) < 4.78 is 13.8. The average molecular weight is 408 g/mol. The Kier molecular flexibility index (Phi) is 3.79. The molecular weight excluding hydrogens is 395 g/mol. The maximum Gasteiger partial charge on any atom is 0.160 e. The van der Waals surface area contributed by atoms with Gasteiger partial charge in [-0.25, -0.2) is 14.4 Å². The van der Waals surface area contributed by atoms with Crippen molar-refractivity contribution in [3.8, 4) is 34.0 Å². The van der Waals surface area contributed by atoms with Gasteiger partial charge < -0.3 is 4.98 Å². The molecule has 1 aromatic carbocycles. The zero-order valence-corrected chi connectivity index (χ0v) is 15.9. The highest BCUT2D eigenvalue weighted by atomic mass is 19.1. The minimum absolute atomic E-state index is 0.305. The third-order valence-corrected chi connectivity index (χ3v) is 5.02. The first-order chi connectivity index (χ1) is 15.3. The molecule has 0 radical (unpaired) electrons. The lowest BCUT2D eigenvalue weighted by Crippen LogP contribution is -1.88. The van der Waals surface area contributed by atoms with E-state index in [9.17, 15) is 4.39 Å². The molecule has 8 nitrogen and oxygen atoms in total. The van der Waals surface area contributed by atoms with Crippen molar-refractivity contribution in [3.63, 3.8) is 0 Å². The van der Waals surface area contributed by atoms with Gasteiger partial charge in [-0.15, -0.1) is 0 Å². The Morgan fingerprint density at radius 2 is 1.84 bits per heavy atom. The van der Waals surface area contributed by atoms with E-state index in [1.807, 2.05) is 18.2 Å². The van der Waals surface area contributed by atoms with Crippen molar-refractivity contribution < 1.29 is 4.39 Å². The minimum Gasteiger partial charge on any atom is -0.321 e. The Labute approximate surface area is 174 Å². The van der Waals surface area contributed by atoms with E-state index in [1.165, 1.54) is 12.1 Å². The summed E-state index contributed by atoms with van der Waals surface area (Å²) >= 11 is 0. The van der Waals surface area contributed by atoms with Gasteiger partial charge in [0, 0.05) is 29.5 Å². The van der Waals surface area contributed by atoms with Gasteiger partial charge >= 0.3 is 0 Å². The van der Waals surface area contributed by atoms with Gasteiger partial charge in [0.25, 0.3) is 0 Å². The number of imidazole rings is 1. The molecule has 9 heteroatoms. The standard InChI is InChI=1S/C22H13FN8/c23-13-3-1-2-12(8-13)14-4-5-26-21-19(14)28-22(29-21)20-15-9-16(18-10-24-6-7-25-18)27-11-17(15)30-31-20/h1-11H,(H,30,31)(H,26,28,29). The quantitative estimate of drug-likeness (QED) is 0.455. The number of rotatable bonds is 3. The minimum atomic E-state index is -0.305. The van der Waals surface area contributed by atoms with Crippen LogP contribution in [0, 0.1) is 5.82 Å². The number of fused-ring (bicyclic) bond motifs is 2. The van der Waals surface area contributed by atoms with Crippen molar-refractivity contribution in [2.45, 2.75) is 0 Å². The van der Waals surface area contributed by atoms with Crippen molar-refractivity contribution in [3.05, 3.63) is 73.2 Å². The van der Waals surface area contributed by atoms with Crippen LogP contribution in [0.1, 0.15) is 0 Å². The maximum atomic E-state index is 13.8. The molecule has 0 amide bonds. The van der Waals surface area contributed by atoms with Gasteiger partial charge in [0.05, 0.1) is 23.6 Å². The smallest absolute Gasteiger partial charge is 0.160 e. The summed E-state index contributed by atoms with van der Waals surface area (Å²) in [6.45, 7) is 0. The van der Waals surface area contributed by atoms with E-state index in [-0.39, 0.29) is 5.82 Å². The first kappa shape index (κ1) is 17.3. The Morgan fingerprint density at radius 3 is 2.71 bits per heavy atom. The van der Waals surface area contributed by atoms with E-state index in [2.05, 4.69) is 35.1 Å². The summed E-state index contributed by atoms with van der Waals surface area (Å²) in [5.41, 5.74) is 5.49. The molecule has 0 aliphatic heterocycles. The molecule has 6 aromatic rings. The second-order valence-corrected chi connectivity index (χ2v) is 6.93. The predicted octanol–water partition coefficient (Wildman–Crippen LogP) is 4.16. The number of benzene rings is 1. The van der Waals surface area contributed by atoms with E-state index in [0.29, 0.717) is 34.1 Å². The lowest BCUT2D eigenvalue weighted by Gasteiger charge is -2.01. The SMILES string of the molecule is Fc1cccc(-c2ccnc3[nH]c(-c4n[nH]c5cnc(-c6cnccn6)cc45)nc23)c1. The van der Waals surface area contributed by atoms with Crippen molar-refractivity contribution >= 4 is 22.1 Å². The van der Waals surface area contributed by atoms with Crippen LogP contribution in [0.2, 0.25) is 0 Å². The van der Waals surface area contributed by atoms with Gasteiger partial charge in [0.1, 0.15) is 22.7 Å². The highest BCUT2D eigenvalue weighted by Gasteiger charge is 2.17. The van der Waals surface area contributed by atoms with Crippen LogP contribution in [-0.4, -0.2) is 40.1 Å². The molecule has 31 heavy (non-hydrogen) atoms. The van der Waals surface area contributed by atoms with Crippen molar-refractivity contribution in [2.24, 2.45) is 0 Å². The Hall–Kier alpha value is -4.53. The van der Waals surface area contributed by atoms with E-state index in [0.717, 1.165) is 22.0 Å². The number of nitrogens with one attached hydrogen (secondary N) is 2. The lowest BCUT2D eigenvalue weighted by atomic mass is 10.1. The second kappa shape index (κ2) is 6.77. The van der Waals surface area contributed by atoms with Crippen LogP contribution in [0.15, 0.2) is 67.4 Å². The third-order valence-electron chi connectivity index (χ3n) is 5.02. The normalized spacial score (nSPS) is 11.4. The fourth-order valence-electron chi connectivity index (χ4n) is 3.58. The monoisotopic (exact) mass is 408 g/mol. The highest BCUT2D eigenvalue weighted by Crippen LogP contribution is 2.31. The molecule has 0 aliphatic rings. The van der Waals surface area contributed by atoms with Gasteiger partial charge in [-0.05, 0) is 29.8 Å². The Morgan fingerprint density at radius 1 is 0.871 bits per heavy atom. The van der Waals surface area contributed by atoms with Crippen LogP contribution in [0.4, 0.5) is 4.39 Å². The Bertz CT molecular complexity index is 1550. The molecular formula is C22H13FN8.